The number of nitrogens with zero attached hydrogens (tertiary/aromatic N) is 3. The van der Waals surface area contributed by atoms with Gasteiger partial charge in [0.2, 0.25) is 0 Å². The molecule has 0 fully saturated rings. The molecule has 0 bridgehead atoms. The molecule has 0 aliphatic rings. The Hall–Kier alpha value is -2.10. The van der Waals surface area contributed by atoms with Crippen molar-refractivity contribution in [1.82, 2.24) is 9.97 Å². The molecule has 2 rings (SSSR count). The summed E-state index contributed by atoms with van der Waals surface area (Å²) in [6, 6.07) is 10.4. The van der Waals surface area contributed by atoms with E-state index in [1.165, 1.54) is 0 Å². The number of aromatic nitrogens is 2. The maximum Gasteiger partial charge on any atom is 0.141 e. The van der Waals surface area contributed by atoms with E-state index in [2.05, 4.69) is 60.2 Å². The van der Waals surface area contributed by atoms with E-state index in [0.29, 0.717) is 0 Å². The van der Waals surface area contributed by atoms with Crippen LogP contribution in [-0.2, 0) is 6.42 Å². The summed E-state index contributed by atoms with van der Waals surface area (Å²) < 4.78 is 0. The van der Waals surface area contributed by atoms with Crippen molar-refractivity contribution in [3.8, 4) is 0 Å². The van der Waals surface area contributed by atoms with Crippen LogP contribution in [0.5, 0.6) is 0 Å². The third-order valence-electron chi connectivity index (χ3n) is 3.52. The summed E-state index contributed by atoms with van der Waals surface area (Å²) in [6.45, 7) is 7.24. The quantitative estimate of drug-likeness (QED) is 0.872. The molecular weight excluding hydrogens is 260 g/mol. The van der Waals surface area contributed by atoms with Gasteiger partial charge >= 0.3 is 0 Å². The number of para-hydroxylation sites is 1. The highest BCUT2D eigenvalue weighted by atomic mass is 15.2. The number of hydrogen-bond donors (Lipinski definition) is 1. The van der Waals surface area contributed by atoms with E-state index < -0.39 is 0 Å². The monoisotopic (exact) mass is 284 g/mol. The van der Waals surface area contributed by atoms with Gasteiger partial charge in [0, 0.05) is 31.3 Å². The normalized spacial score (nSPS) is 10.5. The molecule has 0 atom stereocenters. The third kappa shape index (κ3) is 3.32. The molecule has 0 amide bonds. The summed E-state index contributed by atoms with van der Waals surface area (Å²) in [5, 5.41) is 3.19. The number of nitrogens with one attached hydrogen (secondary N) is 1. The van der Waals surface area contributed by atoms with E-state index in [0.717, 1.165) is 48.1 Å². The van der Waals surface area contributed by atoms with Gasteiger partial charge in [0.15, 0.2) is 0 Å². The molecule has 21 heavy (non-hydrogen) atoms. The first-order valence-electron chi connectivity index (χ1n) is 7.59. The molecule has 1 N–H and O–H groups in total. The molecule has 0 radical (unpaired) electrons. The van der Waals surface area contributed by atoms with E-state index in [9.17, 15) is 0 Å². The van der Waals surface area contributed by atoms with Gasteiger partial charge in [-0.05, 0) is 32.4 Å². The van der Waals surface area contributed by atoms with Gasteiger partial charge in [-0.3, -0.25) is 0 Å². The zero-order valence-corrected chi connectivity index (χ0v) is 13.3. The lowest BCUT2D eigenvalue weighted by Gasteiger charge is -2.25. The fourth-order valence-corrected chi connectivity index (χ4v) is 2.45. The average molecular weight is 284 g/mol. The Morgan fingerprint density at radius 3 is 2.38 bits per heavy atom. The first-order valence-corrected chi connectivity index (χ1v) is 7.59. The maximum absolute atomic E-state index is 4.79. The lowest BCUT2D eigenvalue weighted by atomic mass is 10.2. The summed E-state index contributed by atoms with van der Waals surface area (Å²) in [6.07, 6.45) is 1.94. The topological polar surface area (TPSA) is 41.1 Å². The van der Waals surface area contributed by atoms with Gasteiger partial charge in [0.1, 0.15) is 17.5 Å². The number of rotatable bonds is 6. The van der Waals surface area contributed by atoms with Gasteiger partial charge < -0.3 is 10.2 Å². The van der Waals surface area contributed by atoms with Gasteiger partial charge in [-0.1, -0.05) is 25.1 Å². The summed E-state index contributed by atoms with van der Waals surface area (Å²) >= 11 is 0. The predicted octanol–water partition coefficient (Wildman–Crippen LogP) is 3.94. The van der Waals surface area contributed by atoms with Crippen molar-refractivity contribution in [2.24, 2.45) is 0 Å². The van der Waals surface area contributed by atoms with Crippen LogP contribution >= 0.6 is 0 Å². The van der Waals surface area contributed by atoms with E-state index >= 15 is 0 Å². The van der Waals surface area contributed by atoms with Crippen LogP contribution < -0.4 is 10.2 Å². The fourth-order valence-electron chi connectivity index (χ4n) is 2.45. The summed E-state index contributed by atoms with van der Waals surface area (Å²) in [5.41, 5.74) is 2.24. The van der Waals surface area contributed by atoms with Crippen molar-refractivity contribution in [2.45, 2.75) is 33.6 Å². The lowest BCUT2D eigenvalue weighted by Crippen LogP contribution is -2.20. The van der Waals surface area contributed by atoms with E-state index in [1.54, 1.807) is 0 Å². The van der Waals surface area contributed by atoms with Gasteiger partial charge in [-0.25, -0.2) is 9.97 Å². The molecule has 4 nitrogen and oxygen atoms in total. The molecule has 1 aromatic heterocycles. The highest BCUT2D eigenvalue weighted by Crippen LogP contribution is 2.29. The third-order valence-corrected chi connectivity index (χ3v) is 3.52. The van der Waals surface area contributed by atoms with Crippen molar-refractivity contribution < 1.29 is 0 Å². The van der Waals surface area contributed by atoms with Crippen molar-refractivity contribution in [2.75, 3.05) is 23.8 Å². The minimum atomic E-state index is 0.872. The Labute approximate surface area is 127 Å². The molecule has 0 spiro atoms. The number of anilines is 3. The van der Waals surface area contributed by atoms with Crippen LogP contribution in [0.4, 0.5) is 17.3 Å². The van der Waals surface area contributed by atoms with Crippen molar-refractivity contribution in [3.05, 3.63) is 41.7 Å². The fraction of sp³-hybridized carbons (Fsp3) is 0.412. The van der Waals surface area contributed by atoms with Crippen molar-refractivity contribution >= 4 is 17.3 Å². The molecular formula is C17H24N4. The Bertz CT molecular complexity index is 581. The molecule has 0 aliphatic carbocycles. The van der Waals surface area contributed by atoms with E-state index in [4.69, 9.17) is 4.98 Å². The summed E-state index contributed by atoms with van der Waals surface area (Å²) in [7, 11) is 1.91. The molecule has 1 heterocycles. The number of benzene rings is 1. The van der Waals surface area contributed by atoms with Gasteiger partial charge in [0.05, 0.1) is 0 Å². The molecule has 112 valence electrons. The minimum Gasteiger partial charge on any atom is -0.373 e. The first kappa shape index (κ1) is 15.3. The van der Waals surface area contributed by atoms with Crippen LogP contribution in [0.2, 0.25) is 0 Å². The second kappa shape index (κ2) is 7.07. The molecule has 2 aromatic rings. The van der Waals surface area contributed by atoms with Crippen LogP contribution in [-0.4, -0.2) is 23.6 Å². The smallest absolute Gasteiger partial charge is 0.141 e. The zero-order valence-electron chi connectivity index (χ0n) is 13.3. The van der Waals surface area contributed by atoms with Gasteiger partial charge in [0.25, 0.3) is 0 Å². The Morgan fingerprint density at radius 2 is 1.81 bits per heavy atom. The van der Waals surface area contributed by atoms with Crippen LogP contribution in [0.3, 0.4) is 0 Å². The van der Waals surface area contributed by atoms with Gasteiger partial charge in [-0.15, -0.1) is 0 Å². The number of hydrogen-bond acceptors (Lipinski definition) is 4. The Morgan fingerprint density at radius 1 is 1.10 bits per heavy atom. The van der Waals surface area contributed by atoms with Crippen LogP contribution in [0.15, 0.2) is 30.3 Å². The standard InChI is InChI=1S/C17H24N4/c1-5-10-15-19-16(18-4)13(3)17(20-15)21(6-2)14-11-8-7-9-12-14/h7-9,11-12H,5-6,10H2,1-4H3,(H,18,19,20). The summed E-state index contributed by atoms with van der Waals surface area (Å²) in [4.78, 5) is 11.6. The second-order valence-electron chi connectivity index (χ2n) is 5.02. The average Bonchev–Trinajstić information content (AvgIpc) is 2.52. The van der Waals surface area contributed by atoms with Crippen molar-refractivity contribution in [1.29, 1.82) is 0 Å². The lowest BCUT2D eigenvalue weighted by molar-refractivity contribution is 0.822. The molecule has 0 unspecified atom stereocenters. The molecule has 0 saturated heterocycles. The largest absolute Gasteiger partial charge is 0.373 e. The summed E-state index contributed by atoms with van der Waals surface area (Å²) in [5.74, 6) is 2.81. The maximum atomic E-state index is 4.79. The highest BCUT2D eigenvalue weighted by Gasteiger charge is 2.16. The molecule has 4 heteroatoms. The Balaban J connectivity index is 2.51. The van der Waals surface area contributed by atoms with E-state index in [-0.39, 0.29) is 0 Å². The first-order chi connectivity index (χ1) is 10.2. The second-order valence-corrected chi connectivity index (χ2v) is 5.02. The van der Waals surface area contributed by atoms with Crippen molar-refractivity contribution in [3.63, 3.8) is 0 Å². The molecule has 0 aliphatic heterocycles. The predicted molar refractivity (Wildman–Crippen MR) is 89.4 cm³/mol. The zero-order chi connectivity index (χ0) is 15.2. The molecule has 0 saturated carbocycles. The molecule has 1 aromatic carbocycles. The van der Waals surface area contributed by atoms with Gasteiger partial charge in [-0.2, -0.15) is 0 Å². The van der Waals surface area contributed by atoms with E-state index in [1.807, 2.05) is 13.1 Å². The Kier molecular flexibility index (Phi) is 5.14. The van der Waals surface area contributed by atoms with Crippen LogP contribution in [0.1, 0.15) is 31.7 Å². The van der Waals surface area contributed by atoms with Crippen LogP contribution in [0, 0.1) is 6.92 Å². The minimum absolute atomic E-state index is 0.872. The SMILES string of the molecule is CCCc1nc(NC)c(C)c(N(CC)c2ccccc2)n1. The van der Waals surface area contributed by atoms with Crippen LogP contribution in [0.25, 0.3) is 0 Å². The number of aryl methyl sites for hydroxylation is 1. The highest BCUT2D eigenvalue weighted by molar-refractivity contribution is 5.67.